The summed E-state index contributed by atoms with van der Waals surface area (Å²) < 4.78 is 16.0. The first kappa shape index (κ1) is 17.8. The standard InChI is InChI=1S/C17H20O8/c18-8-12-14(20)15(21)16(22)17(25-12)23-10-6-4-9(5-7-10)11-2-1-3-13(19)24-11/h1,3-7,11-12,14-18,20-22H,2,8H2/t11-,12-,14-,15+,16-,17-/m0/s1. The zero-order valence-corrected chi connectivity index (χ0v) is 13.3. The highest BCUT2D eigenvalue weighted by Gasteiger charge is 2.44. The fraction of sp³-hybridized carbons (Fsp3) is 0.471. The lowest BCUT2D eigenvalue weighted by Gasteiger charge is -2.39. The molecule has 1 saturated heterocycles. The van der Waals surface area contributed by atoms with Gasteiger partial charge in [0.2, 0.25) is 6.29 Å². The fourth-order valence-corrected chi connectivity index (χ4v) is 2.78. The molecule has 2 aliphatic rings. The van der Waals surface area contributed by atoms with Gasteiger partial charge in [-0.25, -0.2) is 4.79 Å². The maximum absolute atomic E-state index is 11.3. The second kappa shape index (κ2) is 7.51. The molecule has 0 spiro atoms. The smallest absolute Gasteiger partial charge is 0.331 e. The number of cyclic esters (lactones) is 1. The van der Waals surface area contributed by atoms with Crippen molar-refractivity contribution in [3.8, 4) is 5.75 Å². The number of ether oxygens (including phenoxy) is 3. The number of hydrogen-bond acceptors (Lipinski definition) is 8. The molecule has 0 bridgehead atoms. The molecule has 1 aromatic carbocycles. The van der Waals surface area contributed by atoms with Crippen LogP contribution in [0.3, 0.4) is 0 Å². The Hall–Kier alpha value is -1.97. The molecule has 6 atom stereocenters. The molecule has 0 unspecified atom stereocenters. The maximum Gasteiger partial charge on any atom is 0.331 e. The zero-order valence-electron chi connectivity index (χ0n) is 13.3. The molecule has 1 aromatic rings. The maximum atomic E-state index is 11.3. The molecule has 4 N–H and O–H groups in total. The summed E-state index contributed by atoms with van der Waals surface area (Å²) in [6.45, 7) is -0.524. The van der Waals surface area contributed by atoms with Gasteiger partial charge < -0.3 is 34.6 Å². The van der Waals surface area contributed by atoms with Crippen molar-refractivity contribution in [2.45, 2.75) is 43.2 Å². The van der Waals surface area contributed by atoms with Crippen LogP contribution in [0.4, 0.5) is 0 Å². The molecule has 0 amide bonds. The van der Waals surface area contributed by atoms with Crippen molar-refractivity contribution in [2.75, 3.05) is 6.61 Å². The van der Waals surface area contributed by atoms with E-state index < -0.39 is 43.3 Å². The molecule has 8 nitrogen and oxygen atoms in total. The summed E-state index contributed by atoms with van der Waals surface area (Å²) in [4.78, 5) is 11.3. The number of carbonyl (C=O) groups is 1. The van der Waals surface area contributed by atoms with Crippen molar-refractivity contribution in [3.05, 3.63) is 42.0 Å². The summed E-state index contributed by atoms with van der Waals surface area (Å²) in [5.41, 5.74) is 0.791. The summed E-state index contributed by atoms with van der Waals surface area (Å²) in [6.07, 6.45) is -3.32. The van der Waals surface area contributed by atoms with E-state index >= 15 is 0 Å². The van der Waals surface area contributed by atoms with Gasteiger partial charge in [-0.2, -0.15) is 0 Å². The monoisotopic (exact) mass is 352 g/mol. The van der Waals surface area contributed by atoms with Crippen LogP contribution in [-0.2, 0) is 14.3 Å². The SMILES string of the molecule is O=C1C=CC[C@@H](c2ccc(O[C@H]3O[C@@H](CO)[C@H](O)[C@@H](O)[C@@H]3O)cc2)O1. The van der Waals surface area contributed by atoms with E-state index in [1.807, 2.05) is 0 Å². The van der Waals surface area contributed by atoms with Gasteiger partial charge in [-0.05, 0) is 17.7 Å². The summed E-state index contributed by atoms with van der Waals surface area (Å²) in [5, 5.41) is 38.6. The molecule has 0 saturated carbocycles. The van der Waals surface area contributed by atoms with Crippen LogP contribution in [0.5, 0.6) is 5.75 Å². The predicted octanol–water partition coefficient (Wildman–Crippen LogP) is -0.591. The van der Waals surface area contributed by atoms with Gasteiger partial charge in [0.25, 0.3) is 0 Å². The van der Waals surface area contributed by atoms with Gasteiger partial charge in [-0.1, -0.05) is 18.2 Å². The van der Waals surface area contributed by atoms with Gasteiger partial charge in [-0.15, -0.1) is 0 Å². The second-order valence-electron chi connectivity index (χ2n) is 5.95. The number of hydrogen-bond donors (Lipinski definition) is 4. The number of rotatable bonds is 4. The van der Waals surface area contributed by atoms with Crippen LogP contribution in [-0.4, -0.2) is 63.7 Å². The van der Waals surface area contributed by atoms with Crippen LogP contribution in [0.15, 0.2) is 36.4 Å². The lowest BCUT2D eigenvalue weighted by molar-refractivity contribution is -0.277. The van der Waals surface area contributed by atoms with Crippen LogP contribution < -0.4 is 4.74 Å². The van der Waals surface area contributed by atoms with Crippen molar-refractivity contribution in [2.24, 2.45) is 0 Å². The highest BCUT2D eigenvalue weighted by molar-refractivity contribution is 5.82. The van der Waals surface area contributed by atoms with E-state index in [0.29, 0.717) is 12.2 Å². The third-order valence-corrected chi connectivity index (χ3v) is 4.22. The first-order chi connectivity index (χ1) is 12.0. The first-order valence-electron chi connectivity index (χ1n) is 7.94. The number of esters is 1. The van der Waals surface area contributed by atoms with Gasteiger partial charge in [0.05, 0.1) is 6.61 Å². The van der Waals surface area contributed by atoms with Crippen LogP contribution in [0, 0.1) is 0 Å². The molecule has 8 heteroatoms. The van der Waals surface area contributed by atoms with Gasteiger partial charge >= 0.3 is 5.97 Å². The minimum absolute atomic E-state index is 0.353. The van der Waals surface area contributed by atoms with Gasteiger partial charge in [0.1, 0.15) is 36.3 Å². The lowest BCUT2D eigenvalue weighted by atomic mass is 9.99. The van der Waals surface area contributed by atoms with E-state index in [2.05, 4.69) is 0 Å². The number of aliphatic hydroxyl groups excluding tert-OH is 4. The first-order valence-corrected chi connectivity index (χ1v) is 7.94. The molecular formula is C17H20O8. The molecule has 0 radical (unpaired) electrons. The average molecular weight is 352 g/mol. The Morgan fingerprint density at radius 3 is 2.44 bits per heavy atom. The summed E-state index contributed by atoms with van der Waals surface area (Å²) in [6, 6.07) is 6.67. The van der Waals surface area contributed by atoms with Gasteiger partial charge in [0.15, 0.2) is 0 Å². The highest BCUT2D eigenvalue weighted by atomic mass is 16.7. The summed E-state index contributed by atoms with van der Waals surface area (Å²) in [7, 11) is 0. The number of carbonyl (C=O) groups excluding carboxylic acids is 1. The molecule has 25 heavy (non-hydrogen) atoms. The molecule has 0 aromatic heterocycles. The zero-order chi connectivity index (χ0) is 18.0. The van der Waals surface area contributed by atoms with Crippen molar-refractivity contribution < 1.29 is 39.4 Å². The fourth-order valence-electron chi connectivity index (χ4n) is 2.78. The Labute approximate surface area is 143 Å². The van der Waals surface area contributed by atoms with E-state index in [9.17, 15) is 25.2 Å². The second-order valence-corrected chi connectivity index (χ2v) is 5.95. The Morgan fingerprint density at radius 1 is 1.08 bits per heavy atom. The van der Waals surface area contributed by atoms with Crippen LogP contribution >= 0.6 is 0 Å². The van der Waals surface area contributed by atoms with Crippen molar-refractivity contribution in [3.63, 3.8) is 0 Å². The van der Waals surface area contributed by atoms with Crippen LogP contribution in [0.2, 0.25) is 0 Å². The minimum Gasteiger partial charge on any atom is -0.462 e. The average Bonchev–Trinajstić information content (AvgIpc) is 2.63. The van der Waals surface area contributed by atoms with E-state index in [1.54, 1.807) is 30.3 Å². The Bertz CT molecular complexity index is 626. The summed E-state index contributed by atoms with van der Waals surface area (Å²) >= 11 is 0. The Kier molecular flexibility index (Phi) is 5.36. The molecule has 136 valence electrons. The molecular weight excluding hydrogens is 332 g/mol. The lowest BCUT2D eigenvalue weighted by Crippen LogP contribution is -2.60. The molecule has 0 aliphatic carbocycles. The van der Waals surface area contributed by atoms with Gasteiger partial charge in [-0.3, -0.25) is 0 Å². The van der Waals surface area contributed by atoms with Crippen LogP contribution in [0.1, 0.15) is 18.1 Å². The van der Waals surface area contributed by atoms with E-state index in [4.69, 9.17) is 14.2 Å². The van der Waals surface area contributed by atoms with E-state index in [-0.39, 0.29) is 6.10 Å². The minimum atomic E-state index is -1.50. The predicted molar refractivity (Wildman–Crippen MR) is 83.4 cm³/mol. The van der Waals surface area contributed by atoms with Crippen molar-refractivity contribution >= 4 is 5.97 Å². The Morgan fingerprint density at radius 2 is 1.80 bits per heavy atom. The summed E-state index contributed by atoms with van der Waals surface area (Å²) in [5.74, 6) is -0.0383. The van der Waals surface area contributed by atoms with E-state index in [0.717, 1.165) is 5.56 Å². The molecule has 2 aliphatic heterocycles. The van der Waals surface area contributed by atoms with E-state index in [1.165, 1.54) is 6.08 Å². The third kappa shape index (κ3) is 3.83. The quantitative estimate of drug-likeness (QED) is 0.530. The largest absolute Gasteiger partial charge is 0.462 e. The number of aliphatic hydroxyl groups is 4. The van der Waals surface area contributed by atoms with Crippen molar-refractivity contribution in [1.29, 1.82) is 0 Å². The molecule has 1 fully saturated rings. The van der Waals surface area contributed by atoms with Gasteiger partial charge in [0, 0.05) is 12.5 Å². The topological polar surface area (TPSA) is 126 Å². The molecule has 2 heterocycles. The van der Waals surface area contributed by atoms with Crippen LogP contribution in [0.25, 0.3) is 0 Å². The highest BCUT2D eigenvalue weighted by Crippen LogP contribution is 2.28. The number of benzene rings is 1. The molecule has 3 rings (SSSR count). The normalized spacial score (nSPS) is 35.3. The van der Waals surface area contributed by atoms with Crippen molar-refractivity contribution in [1.82, 2.24) is 0 Å². The third-order valence-electron chi connectivity index (χ3n) is 4.22. The Balaban J connectivity index is 1.66.